The summed E-state index contributed by atoms with van der Waals surface area (Å²) in [6.45, 7) is 3.01. The Hall–Kier alpha value is -3.90. The number of nitrogen functional groups attached to an aromatic ring is 1. The number of hydrogen-bond donors (Lipinski definition) is 2. The summed E-state index contributed by atoms with van der Waals surface area (Å²) >= 11 is 1.10. The molecule has 4 aromatic rings. The minimum absolute atomic E-state index is 0.0191. The van der Waals surface area contributed by atoms with Gasteiger partial charge in [0, 0.05) is 30.5 Å². The van der Waals surface area contributed by atoms with Gasteiger partial charge in [0.25, 0.3) is 17.4 Å². The van der Waals surface area contributed by atoms with E-state index in [1.165, 1.54) is 15.5 Å². The lowest BCUT2D eigenvalue weighted by atomic mass is 10.1. The smallest absolute Gasteiger partial charge is 0.262 e. The van der Waals surface area contributed by atoms with Crippen LogP contribution in [-0.2, 0) is 11.3 Å². The molecule has 0 spiro atoms. The third-order valence-corrected chi connectivity index (χ3v) is 7.02. The van der Waals surface area contributed by atoms with Crippen LogP contribution in [0.5, 0.6) is 0 Å². The van der Waals surface area contributed by atoms with Gasteiger partial charge in [-0.3, -0.25) is 19.0 Å². The number of thioether (sulfide) groups is 1. The maximum Gasteiger partial charge on any atom is 0.262 e. The second-order valence-electron chi connectivity index (χ2n) is 8.75. The van der Waals surface area contributed by atoms with E-state index in [1.54, 1.807) is 43.3 Å². The first-order chi connectivity index (χ1) is 17.9. The lowest BCUT2D eigenvalue weighted by molar-refractivity contribution is 0.0857. The van der Waals surface area contributed by atoms with E-state index in [-0.39, 0.29) is 41.6 Å². The van der Waals surface area contributed by atoms with Crippen molar-refractivity contribution in [2.45, 2.75) is 37.6 Å². The number of fused-ring (bicyclic) bond motifs is 1. The first kappa shape index (κ1) is 24.8. The molecular formula is C25H26N6O5S. The molecule has 1 unspecified atom stereocenters. The van der Waals surface area contributed by atoms with E-state index in [4.69, 9.17) is 14.9 Å². The molecule has 11 nitrogen and oxygen atoms in total. The van der Waals surface area contributed by atoms with Crippen LogP contribution in [0.1, 0.15) is 39.4 Å². The highest BCUT2D eigenvalue weighted by Crippen LogP contribution is 2.21. The number of carbonyl (C=O) groups excluding carboxylic acids is 2. The second-order valence-corrected chi connectivity index (χ2v) is 9.69. The summed E-state index contributed by atoms with van der Waals surface area (Å²) < 4.78 is 13.7. The van der Waals surface area contributed by atoms with Gasteiger partial charge in [-0.05, 0) is 50.1 Å². The SMILES string of the molecule is Cc1cc(N)nn1C(=O)CSc1nc2cc(C(=O)NCC3CCCO3)ccc2c(=O)n1Cc1ccco1. The normalized spacial score (nSPS) is 15.3. The molecule has 3 aromatic heterocycles. The molecule has 1 fully saturated rings. The number of nitrogens with two attached hydrogens (primary N) is 1. The van der Waals surface area contributed by atoms with Gasteiger partial charge in [-0.15, -0.1) is 5.10 Å². The van der Waals surface area contributed by atoms with E-state index < -0.39 is 0 Å². The highest BCUT2D eigenvalue weighted by atomic mass is 32.2. The number of aryl methyl sites for hydroxylation is 1. The summed E-state index contributed by atoms with van der Waals surface area (Å²) in [6.07, 6.45) is 3.45. The van der Waals surface area contributed by atoms with Gasteiger partial charge in [-0.1, -0.05) is 11.8 Å². The fraction of sp³-hybridized carbons (Fsp3) is 0.320. The maximum absolute atomic E-state index is 13.5. The van der Waals surface area contributed by atoms with Crippen LogP contribution in [0, 0.1) is 6.92 Å². The Morgan fingerprint density at radius 2 is 2.14 bits per heavy atom. The molecule has 1 saturated heterocycles. The number of rotatable bonds is 8. The van der Waals surface area contributed by atoms with Crippen molar-refractivity contribution in [1.82, 2.24) is 24.6 Å². The summed E-state index contributed by atoms with van der Waals surface area (Å²) in [4.78, 5) is 43.6. The Balaban J connectivity index is 1.44. The topological polar surface area (TPSA) is 147 Å². The fourth-order valence-corrected chi connectivity index (χ4v) is 5.04. The largest absolute Gasteiger partial charge is 0.467 e. The van der Waals surface area contributed by atoms with Crippen LogP contribution in [0.2, 0.25) is 0 Å². The lowest BCUT2D eigenvalue weighted by Gasteiger charge is -2.13. The van der Waals surface area contributed by atoms with E-state index in [1.807, 2.05) is 0 Å². The molecule has 1 atom stereocenters. The van der Waals surface area contributed by atoms with Crippen molar-refractivity contribution in [1.29, 1.82) is 0 Å². The quantitative estimate of drug-likeness (QED) is 0.263. The monoisotopic (exact) mass is 522 g/mol. The zero-order valence-corrected chi connectivity index (χ0v) is 21.0. The number of amides is 1. The van der Waals surface area contributed by atoms with Gasteiger partial charge in [0.2, 0.25) is 0 Å². The molecule has 0 saturated carbocycles. The van der Waals surface area contributed by atoms with Gasteiger partial charge in [0.15, 0.2) is 5.16 Å². The number of nitrogens with zero attached hydrogens (tertiary/aromatic N) is 4. The minimum Gasteiger partial charge on any atom is -0.467 e. The third kappa shape index (κ3) is 5.44. The molecule has 5 rings (SSSR count). The number of ether oxygens (including phenoxy) is 1. The summed E-state index contributed by atoms with van der Waals surface area (Å²) in [7, 11) is 0. The first-order valence-corrected chi connectivity index (χ1v) is 12.8. The fourth-order valence-electron chi connectivity index (χ4n) is 4.20. The van der Waals surface area contributed by atoms with Gasteiger partial charge >= 0.3 is 0 Å². The van der Waals surface area contributed by atoms with Crippen molar-refractivity contribution in [2.75, 3.05) is 24.6 Å². The molecule has 1 aromatic carbocycles. The van der Waals surface area contributed by atoms with E-state index in [9.17, 15) is 14.4 Å². The molecular weight excluding hydrogens is 496 g/mol. The molecule has 0 radical (unpaired) electrons. The number of nitrogens with one attached hydrogen (secondary N) is 1. The van der Waals surface area contributed by atoms with Crippen molar-refractivity contribution < 1.29 is 18.7 Å². The van der Waals surface area contributed by atoms with Crippen LogP contribution in [0.25, 0.3) is 10.9 Å². The zero-order valence-electron chi connectivity index (χ0n) is 20.2. The van der Waals surface area contributed by atoms with E-state index >= 15 is 0 Å². The van der Waals surface area contributed by atoms with Crippen LogP contribution in [0.4, 0.5) is 5.82 Å². The van der Waals surface area contributed by atoms with Crippen molar-refractivity contribution in [3.63, 3.8) is 0 Å². The van der Waals surface area contributed by atoms with Crippen LogP contribution in [0.3, 0.4) is 0 Å². The van der Waals surface area contributed by atoms with Gasteiger partial charge in [0.05, 0.1) is 35.6 Å². The van der Waals surface area contributed by atoms with Crippen molar-refractivity contribution >= 4 is 40.3 Å². The van der Waals surface area contributed by atoms with Gasteiger partial charge in [0.1, 0.15) is 11.6 Å². The zero-order chi connectivity index (χ0) is 25.9. The van der Waals surface area contributed by atoms with Crippen LogP contribution < -0.4 is 16.6 Å². The molecule has 0 bridgehead atoms. The molecule has 37 heavy (non-hydrogen) atoms. The first-order valence-electron chi connectivity index (χ1n) is 11.8. The summed E-state index contributed by atoms with van der Waals surface area (Å²) in [6, 6.07) is 9.89. The number of anilines is 1. The Kier molecular flexibility index (Phi) is 7.10. The third-order valence-electron chi connectivity index (χ3n) is 6.06. The molecule has 3 N–H and O–H groups in total. The Bertz CT molecular complexity index is 1500. The lowest BCUT2D eigenvalue weighted by Crippen LogP contribution is -2.31. The highest BCUT2D eigenvalue weighted by Gasteiger charge is 2.19. The average molecular weight is 523 g/mol. The summed E-state index contributed by atoms with van der Waals surface area (Å²) in [5.41, 5.74) is 6.76. The number of carbonyl (C=O) groups is 2. The minimum atomic E-state index is -0.305. The second kappa shape index (κ2) is 10.6. The number of furan rings is 1. The Labute approximate surface area is 216 Å². The van der Waals surface area contributed by atoms with Crippen molar-refractivity contribution in [3.8, 4) is 0 Å². The predicted molar refractivity (Wildman–Crippen MR) is 138 cm³/mol. The summed E-state index contributed by atoms with van der Waals surface area (Å²) in [5.74, 6) is 0.215. The molecule has 12 heteroatoms. The van der Waals surface area contributed by atoms with Crippen LogP contribution >= 0.6 is 11.8 Å². The van der Waals surface area contributed by atoms with Crippen LogP contribution in [0.15, 0.2) is 57.0 Å². The maximum atomic E-state index is 13.5. The number of benzene rings is 1. The molecule has 192 valence electrons. The van der Waals surface area contributed by atoms with E-state index in [2.05, 4.69) is 15.4 Å². The molecule has 1 aliphatic heterocycles. The Morgan fingerprint density at radius 3 is 2.84 bits per heavy atom. The number of hydrogen-bond acceptors (Lipinski definition) is 9. The molecule has 1 amide bonds. The van der Waals surface area contributed by atoms with Crippen molar-refractivity contribution in [3.05, 3.63) is 70.0 Å². The molecule has 1 aliphatic rings. The number of aromatic nitrogens is 4. The Morgan fingerprint density at radius 1 is 1.27 bits per heavy atom. The summed E-state index contributed by atoms with van der Waals surface area (Å²) in [5, 5.41) is 7.58. The molecule has 4 heterocycles. The van der Waals surface area contributed by atoms with Crippen molar-refractivity contribution in [2.24, 2.45) is 0 Å². The standard InChI is InChI=1S/C25H26N6O5S/c1-15-10-21(26)29-31(15)22(32)14-37-25-28-20-11-16(23(33)27-12-17-4-2-8-35-17)6-7-19(20)24(34)30(25)13-18-5-3-9-36-18/h3,5-7,9-11,17H,2,4,8,12-14H2,1H3,(H2,26,29)(H,27,33). The average Bonchev–Trinajstić information content (AvgIpc) is 3.65. The van der Waals surface area contributed by atoms with E-state index in [0.717, 1.165) is 24.6 Å². The van der Waals surface area contributed by atoms with Gasteiger partial charge in [-0.2, -0.15) is 0 Å². The van der Waals surface area contributed by atoms with Crippen LogP contribution in [-0.4, -0.2) is 56.2 Å². The highest BCUT2D eigenvalue weighted by molar-refractivity contribution is 7.99. The van der Waals surface area contributed by atoms with Gasteiger partial charge in [-0.25, -0.2) is 9.67 Å². The van der Waals surface area contributed by atoms with Gasteiger partial charge < -0.3 is 20.2 Å². The molecule has 0 aliphatic carbocycles. The van der Waals surface area contributed by atoms with E-state index in [0.29, 0.717) is 46.2 Å². The predicted octanol–water partition coefficient (Wildman–Crippen LogP) is 2.47.